The Balaban J connectivity index is 2.64. The zero-order valence-electron chi connectivity index (χ0n) is 10.7. The summed E-state index contributed by atoms with van der Waals surface area (Å²) in [5.41, 5.74) is 2.23. The summed E-state index contributed by atoms with van der Waals surface area (Å²) in [5, 5.41) is 3.41. The van der Waals surface area contributed by atoms with Crippen molar-refractivity contribution < 1.29 is 4.74 Å². The van der Waals surface area contributed by atoms with Crippen LogP contribution in [0.3, 0.4) is 0 Å². The number of hydrogen-bond acceptors (Lipinski definition) is 3. The molecule has 90 valence electrons. The van der Waals surface area contributed by atoms with E-state index >= 15 is 0 Å². The highest BCUT2D eigenvalue weighted by Crippen LogP contribution is 2.13. The monoisotopic (exact) mass is 222 g/mol. The molecule has 1 heterocycles. The average Bonchev–Trinajstić information content (AvgIpc) is 2.25. The Hall–Kier alpha value is -0.930. The first kappa shape index (κ1) is 13.1. The van der Waals surface area contributed by atoms with Gasteiger partial charge in [0.25, 0.3) is 0 Å². The summed E-state index contributed by atoms with van der Waals surface area (Å²) in [4.78, 5) is 4.31. The first-order valence-corrected chi connectivity index (χ1v) is 5.91. The average molecular weight is 222 g/mol. The van der Waals surface area contributed by atoms with Crippen LogP contribution in [0.25, 0.3) is 0 Å². The zero-order chi connectivity index (χ0) is 12.0. The standard InChI is InChI=1S/C13H22N2O/c1-5-14-13(9-16-10(2)3)12-7-6-11(4)15-8-12/h6-8,10,13-14H,5,9H2,1-4H3. The molecule has 0 saturated carbocycles. The van der Waals surface area contributed by atoms with E-state index in [2.05, 4.69) is 37.1 Å². The molecule has 0 aromatic carbocycles. The van der Waals surface area contributed by atoms with Crippen molar-refractivity contribution in [1.82, 2.24) is 10.3 Å². The van der Waals surface area contributed by atoms with Crippen molar-refractivity contribution in [2.24, 2.45) is 0 Å². The van der Waals surface area contributed by atoms with Gasteiger partial charge in [0, 0.05) is 11.9 Å². The van der Waals surface area contributed by atoms with E-state index in [1.54, 1.807) is 0 Å². The maximum absolute atomic E-state index is 5.65. The van der Waals surface area contributed by atoms with Gasteiger partial charge in [0.15, 0.2) is 0 Å². The first-order chi connectivity index (χ1) is 7.63. The van der Waals surface area contributed by atoms with Crippen molar-refractivity contribution in [3.8, 4) is 0 Å². The largest absolute Gasteiger partial charge is 0.377 e. The summed E-state index contributed by atoms with van der Waals surface area (Å²) >= 11 is 0. The minimum Gasteiger partial charge on any atom is -0.377 e. The molecule has 0 fully saturated rings. The number of nitrogens with zero attached hydrogens (tertiary/aromatic N) is 1. The minimum absolute atomic E-state index is 0.237. The van der Waals surface area contributed by atoms with E-state index in [4.69, 9.17) is 4.74 Å². The van der Waals surface area contributed by atoms with Gasteiger partial charge in [-0.15, -0.1) is 0 Å². The van der Waals surface area contributed by atoms with Crippen LogP contribution in [0.15, 0.2) is 18.3 Å². The van der Waals surface area contributed by atoms with E-state index in [1.165, 1.54) is 5.56 Å². The predicted octanol–water partition coefficient (Wildman–Crippen LogP) is 2.47. The fraction of sp³-hybridized carbons (Fsp3) is 0.615. The first-order valence-electron chi connectivity index (χ1n) is 5.91. The van der Waals surface area contributed by atoms with E-state index in [-0.39, 0.29) is 12.1 Å². The van der Waals surface area contributed by atoms with Gasteiger partial charge >= 0.3 is 0 Å². The minimum atomic E-state index is 0.237. The molecule has 1 N–H and O–H groups in total. The van der Waals surface area contributed by atoms with Crippen molar-refractivity contribution in [2.45, 2.75) is 39.8 Å². The maximum atomic E-state index is 5.65. The molecule has 0 spiro atoms. The van der Waals surface area contributed by atoms with Gasteiger partial charge in [-0.2, -0.15) is 0 Å². The van der Waals surface area contributed by atoms with E-state index in [0.717, 1.165) is 12.2 Å². The zero-order valence-corrected chi connectivity index (χ0v) is 10.7. The molecule has 1 rings (SSSR count). The molecule has 0 aliphatic carbocycles. The van der Waals surface area contributed by atoms with Crippen molar-refractivity contribution in [3.63, 3.8) is 0 Å². The molecule has 0 radical (unpaired) electrons. The van der Waals surface area contributed by atoms with Gasteiger partial charge in [-0.3, -0.25) is 4.98 Å². The Bertz CT molecular complexity index is 295. The van der Waals surface area contributed by atoms with Crippen LogP contribution < -0.4 is 5.32 Å². The fourth-order valence-corrected chi connectivity index (χ4v) is 1.49. The van der Waals surface area contributed by atoms with Gasteiger partial charge in [-0.1, -0.05) is 13.0 Å². The maximum Gasteiger partial charge on any atom is 0.0665 e. The summed E-state index contributed by atoms with van der Waals surface area (Å²) in [5.74, 6) is 0. The Morgan fingerprint density at radius 3 is 2.62 bits per heavy atom. The Morgan fingerprint density at radius 2 is 2.12 bits per heavy atom. The number of nitrogens with one attached hydrogen (secondary N) is 1. The fourth-order valence-electron chi connectivity index (χ4n) is 1.49. The molecule has 16 heavy (non-hydrogen) atoms. The highest BCUT2D eigenvalue weighted by molar-refractivity contribution is 5.17. The highest BCUT2D eigenvalue weighted by Gasteiger charge is 2.11. The van der Waals surface area contributed by atoms with E-state index in [0.29, 0.717) is 6.61 Å². The van der Waals surface area contributed by atoms with E-state index in [9.17, 15) is 0 Å². The number of hydrogen-bond donors (Lipinski definition) is 1. The molecule has 3 heteroatoms. The Morgan fingerprint density at radius 1 is 1.38 bits per heavy atom. The summed E-state index contributed by atoms with van der Waals surface area (Å²) in [6.45, 7) is 9.82. The van der Waals surface area contributed by atoms with Gasteiger partial charge in [-0.05, 0) is 38.9 Å². The van der Waals surface area contributed by atoms with E-state index in [1.807, 2.05) is 19.2 Å². The summed E-state index contributed by atoms with van der Waals surface area (Å²) in [7, 11) is 0. The third-order valence-electron chi connectivity index (χ3n) is 2.38. The molecule has 0 bridgehead atoms. The lowest BCUT2D eigenvalue weighted by molar-refractivity contribution is 0.0613. The molecular weight excluding hydrogens is 200 g/mol. The number of pyridine rings is 1. The van der Waals surface area contributed by atoms with Crippen molar-refractivity contribution in [1.29, 1.82) is 0 Å². The summed E-state index contributed by atoms with van der Waals surface area (Å²) in [6.07, 6.45) is 2.19. The third-order valence-corrected chi connectivity index (χ3v) is 2.38. The number of ether oxygens (including phenoxy) is 1. The lowest BCUT2D eigenvalue weighted by Crippen LogP contribution is -2.26. The highest BCUT2D eigenvalue weighted by atomic mass is 16.5. The molecule has 0 amide bonds. The smallest absolute Gasteiger partial charge is 0.0665 e. The SMILES string of the molecule is CCNC(COC(C)C)c1ccc(C)nc1. The topological polar surface area (TPSA) is 34.1 Å². The number of aryl methyl sites for hydroxylation is 1. The lowest BCUT2D eigenvalue weighted by Gasteiger charge is -2.19. The van der Waals surface area contributed by atoms with Crippen LogP contribution in [0.5, 0.6) is 0 Å². The van der Waals surface area contributed by atoms with Gasteiger partial charge in [0.05, 0.1) is 18.8 Å². The van der Waals surface area contributed by atoms with Crippen LogP contribution >= 0.6 is 0 Å². The van der Waals surface area contributed by atoms with Crippen LogP contribution in [0.2, 0.25) is 0 Å². The molecule has 1 unspecified atom stereocenters. The molecule has 0 aliphatic rings. The molecular formula is C13H22N2O. The van der Waals surface area contributed by atoms with Crippen LogP contribution in [-0.2, 0) is 4.74 Å². The number of rotatable bonds is 6. The summed E-state index contributed by atoms with van der Waals surface area (Å²) < 4.78 is 5.65. The lowest BCUT2D eigenvalue weighted by atomic mass is 10.1. The molecule has 0 aliphatic heterocycles. The van der Waals surface area contributed by atoms with Crippen LogP contribution in [0, 0.1) is 6.92 Å². The van der Waals surface area contributed by atoms with Gasteiger partial charge in [0.1, 0.15) is 0 Å². The Kier molecular flexibility index (Phi) is 5.43. The molecule has 1 aromatic heterocycles. The van der Waals surface area contributed by atoms with Crippen molar-refractivity contribution in [2.75, 3.05) is 13.2 Å². The van der Waals surface area contributed by atoms with Crippen molar-refractivity contribution >= 4 is 0 Å². The van der Waals surface area contributed by atoms with Crippen molar-refractivity contribution in [3.05, 3.63) is 29.6 Å². The van der Waals surface area contributed by atoms with Crippen LogP contribution in [0.1, 0.15) is 38.1 Å². The molecule has 0 saturated heterocycles. The second kappa shape index (κ2) is 6.61. The van der Waals surface area contributed by atoms with Gasteiger partial charge < -0.3 is 10.1 Å². The Labute approximate surface area is 98.2 Å². The second-order valence-electron chi connectivity index (χ2n) is 4.23. The normalized spacial score (nSPS) is 13.1. The van der Waals surface area contributed by atoms with Crippen LogP contribution in [0.4, 0.5) is 0 Å². The quantitative estimate of drug-likeness (QED) is 0.803. The molecule has 1 atom stereocenters. The van der Waals surface area contributed by atoms with Gasteiger partial charge in [-0.25, -0.2) is 0 Å². The van der Waals surface area contributed by atoms with Gasteiger partial charge in [0.2, 0.25) is 0 Å². The molecule has 3 nitrogen and oxygen atoms in total. The third kappa shape index (κ3) is 4.29. The van der Waals surface area contributed by atoms with E-state index < -0.39 is 0 Å². The second-order valence-corrected chi connectivity index (χ2v) is 4.23. The predicted molar refractivity (Wildman–Crippen MR) is 66.5 cm³/mol. The summed E-state index contributed by atoms with van der Waals surface area (Å²) in [6, 6.07) is 4.38. The number of aromatic nitrogens is 1. The van der Waals surface area contributed by atoms with Crippen LogP contribution in [-0.4, -0.2) is 24.2 Å². The molecule has 1 aromatic rings. The number of likely N-dealkylation sites (N-methyl/N-ethyl adjacent to an activating group) is 1.